The highest BCUT2D eigenvalue weighted by molar-refractivity contribution is 7.88. The maximum atomic E-state index is 12.3. The predicted molar refractivity (Wildman–Crippen MR) is 64.2 cm³/mol. The van der Waals surface area contributed by atoms with E-state index in [1.807, 2.05) is 0 Å². The lowest BCUT2D eigenvalue weighted by Crippen LogP contribution is -2.28. The molecule has 0 unspecified atom stereocenters. The van der Waals surface area contributed by atoms with Gasteiger partial charge < -0.3 is 4.18 Å². The highest BCUT2D eigenvalue weighted by Gasteiger charge is 2.48. The molecule has 108 valence electrons. The molecule has 0 bridgehead atoms. The van der Waals surface area contributed by atoms with E-state index in [1.165, 1.54) is 28.9 Å². The molecule has 2 rings (SSSR count). The molecular formula is C11H9F3N2O3S. The van der Waals surface area contributed by atoms with Crippen LogP contribution in [0.15, 0.2) is 36.5 Å². The van der Waals surface area contributed by atoms with Gasteiger partial charge in [0.15, 0.2) is 5.75 Å². The zero-order chi connectivity index (χ0) is 15.0. The SMILES string of the molecule is Cn1ccc(-c2ccccc2OS(=O)(=O)C(F)(F)F)n1. The molecule has 0 amide bonds. The van der Waals surface area contributed by atoms with E-state index < -0.39 is 21.4 Å². The van der Waals surface area contributed by atoms with Gasteiger partial charge in [-0.2, -0.15) is 26.7 Å². The molecule has 20 heavy (non-hydrogen) atoms. The second kappa shape index (κ2) is 4.82. The normalized spacial score (nSPS) is 12.4. The Labute approximate surface area is 112 Å². The summed E-state index contributed by atoms with van der Waals surface area (Å²) in [4.78, 5) is 0. The zero-order valence-corrected chi connectivity index (χ0v) is 10.9. The third-order valence-corrected chi connectivity index (χ3v) is 3.33. The van der Waals surface area contributed by atoms with Crippen molar-refractivity contribution >= 4 is 10.1 Å². The Morgan fingerprint density at radius 1 is 1.20 bits per heavy atom. The summed E-state index contributed by atoms with van der Waals surface area (Å²) < 4.78 is 64.6. The maximum absolute atomic E-state index is 12.3. The topological polar surface area (TPSA) is 61.2 Å². The van der Waals surface area contributed by atoms with Crippen LogP contribution in [0, 0.1) is 0 Å². The molecule has 0 aliphatic heterocycles. The molecule has 1 aromatic heterocycles. The molecule has 0 N–H and O–H groups in total. The number of nitrogens with zero attached hydrogens (tertiary/aromatic N) is 2. The number of hydrogen-bond donors (Lipinski definition) is 0. The Kier molecular flexibility index (Phi) is 3.46. The van der Waals surface area contributed by atoms with Crippen molar-refractivity contribution in [2.45, 2.75) is 5.51 Å². The van der Waals surface area contributed by atoms with Gasteiger partial charge in [-0.25, -0.2) is 0 Å². The monoisotopic (exact) mass is 306 g/mol. The van der Waals surface area contributed by atoms with E-state index in [2.05, 4.69) is 9.28 Å². The lowest BCUT2D eigenvalue weighted by molar-refractivity contribution is -0.0499. The van der Waals surface area contributed by atoms with Gasteiger partial charge in [0.05, 0.1) is 5.69 Å². The van der Waals surface area contributed by atoms with Crippen LogP contribution < -0.4 is 4.18 Å². The van der Waals surface area contributed by atoms with Crippen LogP contribution in [0.4, 0.5) is 13.2 Å². The summed E-state index contributed by atoms with van der Waals surface area (Å²) in [5, 5.41) is 3.99. The summed E-state index contributed by atoms with van der Waals surface area (Å²) in [6.07, 6.45) is 1.57. The first-order valence-corrected chi connectivity index (χ1v) is 6.71. The van der Waals surface area contributed by atoms with Crippen LogP contribution in [0.25, 0.3) is 11.3 Å². The minimum Gasteiger partial charge on any atom is -0.375 e. The van der Waals surface area contributed by atoms with Gasteiger partial charge >= 0.3 is 15.6 Å². The van der Waals surface area contributed by atoms with E-state index in [0.29, 0.717) is 5.69 Å². The molecule has 0 saturated carbocycles. The predicted octanol–water partition coefficient (Wildman–Crippen LogP) is 2.32. The zero-order valence-electron chi connectivity index (χ0n) is 10.1. The van der Waals surface area contributed by atoms with E-state index in [9.17, 15) is 21.6 Å². The third-order valence-electron chi connectivity index (χ3n) is 2.36. The largest absolute Gasteiger partial charge is 0.534 e. The summed E-state index contributed by atoms with van der Waals surface area (Å²) in [5.74, 6) is -0.427. The minimum atomic E-state index is -5.71. The van der Waals surface area contributed by atoms with Crippen molar-refractivity contribution in [3.8, 4) is 17.0 Å². The van der Waals surface area contributed by atoms with Crippen LogP contribution in [0.3, 0.4) is 0 Å². The molecule has 0 aliphatic rings. The molecule has 0 spiro atoms. The fourth-order valence-corrected chi connectivity index (χ4v) is 1.95. The summed E-state index contributed by atoms with van der Waals surface area (Å²) >= 11 is 0. The summed E-state index contributed by atoms with van der Waals surface area (Å²) in [7, 11) is -4.08. The molecule has 0 saturated heterocycles. The van der Waals surface area contributed by atoms with Crippen molar-refractivity contribution in [1.82, 2.24) is 9.78 Å². The van der Waals surface area contributed by atoms with Crippen molar-refractivity contribution in [2.75, 3.05) is 0 Å². The minimum absolute atomic E-state index is 0.154. The molecule has 0 atom stereocenters. The average molecular weight is 306 g/mol. The standard InChI is InChI=1S/C11H9F3N2O3S/c1-16-7-6-9(15-16)8-4-2-3-5-10(8)19-20(17,18)11(12,13)14/h2-7H,1H3. The number of aryl methyl sites for hydroxylation is 1. The van der Waals surface area contributed by atoms with Crippen molar-refractivity contribution in [3.63, 3.8) is 0 Å². The Morgan fingerprint density at radius 3 is 2.40 bits per heavy atom. The lowest BCUT2D eigenvalue weighted by atomic mass is 10.1. The number of hydrogen-bond acceptors (Lipinski definition) is 4. The van der Waals surface area contributed by atoms with Crippen LogP contribution in [0.1, 0.15) is 0 Å². The van der Waals surface area contributed by atoms with Gasteiger partial charge in [-0.15, -0.1) is 0 Å². The molecule has 0 radical (unpaired) electrons. The van der Waals surface area contributed by atoms with E-state index in [1.54, 1.807) is 13.2 Å². The summed E-state index contributed by atoms with van der Waals surface area (Å²) in [6.45, 7) is 0. The number of halogens is 3. The fourth-order valence-electron chi connectivity index (χ4n) is 1.48. The number of rotatable bonds is 3. The van der Waals surface area contributed by atoms with Gasteiger partial charge in [-0.3, -0.25) is 4.68 Å². The molecule has 9 heteroatoms. The molecule has 5 nitrogen and oxygen atoms in total. The third kappa shape index (κ3) is 2.77. The number of para-hydroxylation sites is 1. The summed E-state index contributed by atoms with van der Waals surface area (Å²) in [5.41, 5.74) is -5.02. The molecular weight excluding hydrogens is 297 g/mol. The first kappa shape index (κ1) is 14.4. The number of alkyl halides is 3. The van der Waals surface area contributed by atoms with Gasteiger partial charge in [0.1, 0.15) is 0 Å². The van der Waals surface area contributed by atoms with E-state index in [-0.39, 0.29) is 5.56 Å². The number of benzene rings is 1. The lowest BCUT2D eigenvalue weighted by Gasteiger charge is -2.11. The Morgan fingerprint density at radius 2 is 1.85 bits per heavy atom. The van der Waals surface area contributed by atoms with E-state index in [0.717, 1.165) is 6.07 Å². The van der Waals surface area contributed by atoms with Crippen LogP contribution in [-0.2, 0) is 17.2 Å². The van der Waals surface area contributed by atoms with Gasteiger partial charge in [0.2, 0.25) is 0 Å². The van der Waals surface area contributed by atoms with Crippen molar-refractivity contribution in [2.24, 2.45) is 7.05 Å². The van der Waals surface area contributed by atoms with Crippen molar-refractivity contribution in [3.05, 3.63) is 36.5 Å². The van der Waals surface area contributed by atoms with Crippen molar-refractivity contribution < 1.29 is 25.8 Å². The first-order valence-electron chi connectivity index (χ1n) is 5.30. The van der Waals surface area contributed by atoms with Crippen LogP contribution in [0.2, 0.25) is 0 Å². The Bertz CT molecular complexity index is 723. The molecule has 0 fully saturated rings. The molecule has 1 aromatic carbocycles. The van der Waals surface area contributed by atoms with Crippen LogP contribution in [0.5, 0.6) is 5.75 Å². The van der Waals surface area contributed by atoms with Crippen molar-refractivity contribution in [1.29, 1.82) is 0 Å². The van der Waals surface area contributed by atoms with Crippen LogP contribution >= 0.6 is 0 Å². The van der Waals surface area contributed by atoms with Gasteiger partial charge in [0, 0.05) is 18.8 Å². The first-order chi connectivity index (χ1) is 9.21. The molecule has 2 aromatic rings. The highest BCUT2D eigenvalue weighted by atomic mass is 32.2. The Hall–Kier alpha value is -2.03. The van der Waals surface area contributed by atoms with Crippen LogP contribution in [-0.4, -0.2) is 23.7 Å². The molecule has 0 aliphatic carbocycles. The van der Waals surface area contributed by atoms with E-state index in [4.69, 9.17) is 0 Å². The highest BCUT2D eigenvalue weighted by Crippen LogP contribution is 2.33. The van der Waals surface area contributed by atoms with Gasteiger partial charge in [-0.05, 0) is 18.2 Å². The number of aromatic nitrogens is 2. The maximum Gasteiger partial charge on any atom is 0.534 e. The fraction of sp³-hybridized carbons (Fsp3) is 0.182. The second-order valence-corrected chi connectivity index (χ2v) is 5.39. The summed E-state index contributed by atoms with van der Waals surface area (Å²) in [6, 6.07) is 6.99. The smallest absolute Gasteiger partial charge is 0.375 e. The van der Waals surface area contributed by atoms with Gasteiger partial charge in [-0.1, -0.05) is 12.1 Å². The van der Waals surface area contributed by atoms with Gasteiger partial charge in [0.25, 0.3) is 0 Å². The quantitative estimate of drug-likeness (QED) is 0.645. The Balaban J connectivity index is 2.45. The second-order valence-electron chi connectivity index (χ2n) is 3.85. The average Bonchev–Trinajstić information content (AvgIpc) is 2.74. The molecule has 1 heterocycles. The van der Waals surface area contributed by atoms with E-state index >= 15 is 0 Å².